The average molecular weight is 192 g/mol. The lowest BCUT2D eigenvalue weighted by atomic mass is 11.6. The molecule has 0 amide bonds. The highest BCUT2D eigenvalue weighted by Crippen LogP contribution is 2.99. The maximum atomic E-state index is 9.85. The maximum absolute atomic E-state index is 10.5. The molecule has 0 rings (SSSR count). The summed E-state index contributed by atoms with van der Waals surface area (Å²) in [6.45, 7) is 0. The van der Waals surface area contributed by atoms with Crippen molar-refractivity contribution in [2.45, 2.75) is 0 Å². The summed E-state index contributed by atoms with van der Waals surface area (Å²) in [7, 11) is -7.22. The van der Waals surface area contributed by atoms with Gasteiger partial charge in [-0.2, -0.15) is 0 Å². The molecule has 0 aliphatic heterocycles. The summed E-state index contributed by atoms with van der Waals surface area (Å²) in [5, 5.41) is 0. The predicted octanol–water partition coefficient (Wildman–Crippen LogP) is 3.43. The molecular weight excluding hydrogens is 186 g/mol. The molecule has 0 heterocycles. The summed E-state index contributed by atoms with van der Waals surface area (Å²) in [5.74, 6) is 0. The summed E-state index contributed by atoms with van der Waals surface area (Å²) in [5.41, 5.74) is 0. The third-order valence-corrected chi connectivity index (χ3v) is 0. The highest BCUT2D eigenvalue weighted by Gasteiger charge is 2.64. The molecule has 0 radical (unpaired) electrons. The van der Waals surface area contributed by atoms with Crippen LogP contribution in [0.4, 0.5) is 23.3 Å². The molecule has 0 saturated carbocycles. The first-order valence-corrected chi connectivity index (χ1v) is 3.59. The molecule has 0 aromatic carbocycles. The topological polar surface area (TPSA) is 9.23 Å². The summed E-state index contributed by atoms with van der Waals surface area (Å²) >= 11 is 0. The highest BCUT2D eigenvalue weighted by atomic mass is 32.5. The van der Waals surface area contributed by atoms with E-state index in [2.05, 4.69) is 4.74 Å². The molecule has 0 aromatic rings. The van der Waals surface area contributed by atoms with Crippen molar-refractivity contribution in [1.82, 2.24) is 0 Å². The van der Waals surface area contributed by atoms with Crippen molar-refractivity contribution >= 4 is 10.6 Å². The minimum absolute atomic E-state index is 1.62. The van der Waals surface area contributed by atoms with Crippen molar-refractivity contribution in [1.29, 1.82) is 0 Å². The first kappa shape index (κ1) is 12.6. The lowest BCUT2D eigenvalue weighted by molar-refractivity contribution is 0.277. The smallest absolute Gasteiger partial charge is 0.388 e. The first-order chi connectivity index (χ1) is 3.86. The Morgan fingerprint density at radius 2 is 0.800 bits per heavy atom. The van der Waals surface area contributed by atoms with E-state index in [1.54, 1.807) is 14.2 Å². The zero-order valence-corrected chi connectivity index (χ0v) is 5.90. The van der Waals surface area contributed by atoms with Gasteiger partial charge in [0.05, 0.1) is 0 Å². The Bertz CT molecular complexity index is 85.1. The minimum Gasteiger partial charge on any atom is -0.388 e. The number of halogens is 6. The van der Waals surface area contributed by atoms with E-state index < -0.39 is 10.6 Å². The molecule has 0 spiro atoms. The van der Waals surface area contributed by atoms with Crippen LogP contribution in [0.2, 0.25) is 0 Å². The monoisotopic (exact) mass is 192 g/mol. The molecule has 1 nitrogen and oxygen atoms in total. The highest BCUT2D eigenvalue weighted by molar-refractivity contribution is 8.41. The van der Waals surface area contributed by atoms with Crippen LogP contribution in [0, 0.1) is 0 Å². The fourth-order valence-corrected chi connectivity index (χ4v) is 0. The Balaban J connectivity index is 0. The van der Waals surface area contributed by atoms with Gasteiger partial charge in [0.15, 0.2) is 0 Å². The molecule has 0 N–H and O–H groups in total. The first-order valence-electron chi connectivity index (χ1n) is 1.74. The van der Waals surface area contributed by atoms with Crippen LogP contribution in [0.25, 0.3) is 0 Å². The average Bonchev–Trinajstić information content (AvgIpc) is 1.20. The van der Waals surface area contributed by atoms with Crippen molar-refractivity contribution in [3.8, 4) is 0 Å². The molecule has 68 valence electrons. The third kappa shape index (κ3) is 31000. The van der Waals surface area contributed by atoms with Crippen LogP contribution < -0.4 is 0 Å². The van der Waals surface area contributed by atoms with Crippen LogP contribution in [-0.2, 0) is 4.74 Å². The van der Waals surface area contributed by atoms with Gasteiger partial charge in [-0.05, 0) is 0 Å². The Kier molecular flexibility index (Phi) is 2.75. The molecule has 10 heavy (non-hydrogen) atoms. The van der Waals surface area contributed by atoms with Crippen LogP contribution in [0.15, 0.2) is 0 Å². The van der Waals surface area contributed by atoms with E-state index in [1.807, 2.05) is 0 Å². The van der Waals surface area contributed by atoms with E-state index >= 15 is 0 Å². The number of hydrogen-bond acceptors (Lipinski definition) is 1. The van der Waals surface area contributed by atoms with Gasteiger partial charge in [0.1, 0.15) is 0 Å². The quantitative estimate of drug-likeness (QED) is 0.534. The summed E-state index contributed by atoms with van der Waals surface area (Å²) in [6.07, 6.45) is 0. The van der Waals surface area contributed by atoms with Crippen LogP contribution in [0.3, 0.4) is 0 Å². The second-order valence-electron chi connectivity index (χ2n) is 1.28. The van der Waals surface area contributed by atoms with E-state index in [1.165, 1.54) is 0 Å². The number of methoxy groups -OCH3 is 1. The Morgan fingerprint density at radius 3 is 0.800 bits per heavy atom. The number of hydrogen-bond donors (Lipinski definition) is 0. The zero-order valence-electron chi connectivity index (χ0n) is 5.08. The lowest BCUT2D eigenvalue weighted by Gasteiger charge is -2.28. The van der Waals surface area contributed by atoms with Crippen LogP contribution in [0.5, 0.6) is 0 Å². The summed E-state index contributed by atoms with van der Waals surface area (Å²) in [6, 6.07) is 0. The molecule has 0 fully saturated rings. The fraction of sp³-hybridized carbons (Fsp3) is 1.00. The van der Waals surface area contributed by atoms with E-state index in [-0.39, 0.29) is 0 Å². The molecule has 0 atom stereocenters. The molecule has 0 aromatic heterocycles. The van der Waals surface area contributed by atoms with E-state index in [9.17, 15) is 23.3 Å². The van der Waals surface area contributed by atoms with Crippen LogP contribution in [0.1, 0.15) is 0 Å². The predicted molar refractivity (Wildman–Crippen MR) is 27.2 cm³/mol. The number of ether oxygens (including phenoxy) is 1. The SMILES string of the molecule is COC.FS(F)(F)(F)(F)F. The van der Waals surface area contributed by atoms with E-state index in [0.29, 0.717) is 0 Å². The van der Waals surface area contributed by atoms with Crippen LogP contribution >= 0.6 is 10.6 Å². The third-order valence-electron chi connectivity index (χ3n) is 0. The maximum Gasteiger partial charge on any atom is 0.431 e. The fourth-order valence-electron chi connectivity index (χ4n) is 0. The van der Waals surface area contributed by atoms with Crippen molar-refractivity contribution in [2.24, 2.45) is 0 Å². The van der Waals surface area contributed by atoms with Crippen molar-refractivity contribution < 1.29 is 28.1 Å². The van der Waals surface area contributed by atoms with Gasteiger partial charge in [-0.15, -0.1) is 0 Å². The summed E-state index contributed by atoms with van der Waals surface area (Å²) in [4.78, 5) is 0. The van der Waals surface area contributed by atoms with Gasteiger partial charge < -0.3 is 4.74 Å². The minimum atomic E-state index is -10.5. The van der Waals surface area contributed by atoms with E-state index in [4.69, 9.17) is 0 Å². The van der Waals surface area contributed by atoms with Crippen LogP contribution in [-0.4, -0.2) is 14.2 Å². The largest absolute Gasteiger partial charge is 0.431 e. The second-order valence-corrected chi connectivity index (χ2v) is 3.03. The van der Waals surface area contributed by atoms with Gasteiger partial charge in [0.2, 0.25) is 0 Å². The van der Waals surface area contributed by atoms with Crippen molar-refractivity contribution in [3.05, 3.63) is 0 Å². The normalized spacial score (nSPS) is 18.0. The molecule has 0 bridgehead atoms. The lowest BCUT2D eigenvalue weighted by Crippen LogP contribution is -1.92. The standard InChI is InChI=1S/C2H6O.F6S/c1-3-2;1-7(2,3,4,5)6/h1-2H3;. The van der Waals surface area contributed by atoms with Gasteiger partial charge in [-0.1, -0.05) is 23.3 Å². The van der Waals surface area contributed by atoms with Gasteiger partial charge in [-0.3, -0.25) is 0 Å². The Labute approximate surface area is 54.0 Å². The zero-order chi connectivity index (χ0) is 9.12. The van der Waals surface area contributed by atoms with Crippen molar-refractivity contribution in [2.75, 3.05) is 14.2 Å². The second kappa shape index (κ2) is 2.19. The van der Waals surface area contributed by atoms with Gasteiger partial charge in [0.25, 0.3) is 0 Å². The van der Waals surface area contributed by atoms with Gasteiger partial charge in [0, 0.05) is 14.2 Å². The summed E-state index contributed by atoms with van der Waals surface area (Å²) < 4.78 is 63.3. The Morgan fingerprint density at radius 1 is 0.800 bits per heavy atom. The molecular formula is C2H6F6OS. The molecule has 0 saturated heterocycles. The molecule has 0 aliphatic rings. The van der Waals surface area contributed by atoms with E-state index in [0.717, 1.165) is 0 Å². The van der Waals surface area contributed by atoms with Crippen molar-refractivity contribution in [3.63, 3.8) is 0 Å². The molecule has 0 aliphatic carbocycles. The Hall–Kier alpha value is -0.110. The number of rotatable bonds is 0. The molecule has 0 unspecified atom stereocenters. The molecule has 8 heteroatoms. The van der Waals surface area contributed by atoms with Gasteiger partial charge in [-0.25, -0.2) is 0 Å². The van der Waals surface area contributed by atoms with Gasteiger partial charge >= 0.3 is 10.6 Å².